The predicted molar refractivity (Wildman–Crippen MR) is 32.6 cm³/mol. The number of hydrogen-bond acceptors (Lipinski definition) is 2. The van der Waals surface area contributed by atoms with Gasteiger partial charge in [0, 0.05) is 5.57 Å². The van der Waals surface area contributed by atoms with Gasteiger partial charge in [0.1, 0.15) is 0 Å². The molecule has 0 saturated carbocycles. The molecule has 0 radical (unpaired) electrons. The maximum absolute atomic E-state index is 10.4. The van der Waals surface area contributed by atoms with E-state index in [4.69, 9.17) is 0 Å². The Kier molecular flexibility index (Phi) is 8.40. The van der Waals surface area contributed by atoms with Crippen LogP contribution in [-0.4, -0.2) is 12.6 Å². The van der Waals surface area contributed by atoms with E-state index < -0.39 is 0 Å². The topological polar surface area (TPSA) is 26.3 Å². The zero-order valence-electron chi connectivity index (χ0n) is 7.23. The SMILES string of the molecule is C=C(C)C(=O)OCC.[H-].[Na+]. The van der Waals surface area contributed by atoms with E-state index >= 15 is 0 Å². The van der Waals surface area contributed by atoms with Crippen LogP contribution in [0.3, 0.4) is 0 Å². The van der Waals surface area contributed by atoms with Gasteiger partial charge in [0.05, 0.1) is 6.61 Å². The van der Waals surface area contributed by atoms with E-state index in [1.165, 1.54) is 0 Å². The van der Waals surface area contributed by atoms with E-state index in [0.717, 1.165) is 0 Å². The summed E-state index contributed by atoms with van der Waals surface area (Å²) in [4.78, 5) is 10.4. The second kappa shape index (κ2) is 6.33. The summed E-state index contributed by atoms with van der Waals surface area (Å²) in [6, 6.07) is 0. The quantitative estimate of drug-likeness (QED) is 0.257. The van der Waals surface area contributed by atoms with Gasteiger partial charge in [-0.2, -0.15) is 0 Å². The Hall–Kier alpha value is 0.210. The third-order valence-corrected chi connectivity index (χ3v) is 0.624. The fraction of sp³-hybridized carbons (Fsp3) is 0.500. The molecule has 0 aliphatic rings. The number of rotatable bonds is 2. The van der Waals surface area contributed by atoms with Crippen molar-refractivity contribution in [3.8, 4) is 0 Å². The molecular weight excluding hydrogens is 127 g/mol. The Balaban J connectivity index is -0.000000245. The summed E-state index contributed by atoms with van der Waals surface area (Å²) in [5.41, 5.74) is 0.451. The molecule has 48 valence electrons. The summed E-state index contributed by atoms with van der Waals surface area (Å²) >= 11 is 0. The molecular formula is C6H11NaO2. The van der Waals surface area contributed by atoms with E-state index in [1.54, 1.807) is 13.8 Å². The Morgan fingerprint density at radius 2 is 2.22 bits per heavy atom. The van der Waals surface area contributed by atoms with Crippen molar-refractivity contribution in [3.05, 3.63) is 12.2 Å². The molecule has 0 aromatic rings. The van der Waals surface area contributed by atoms with E-state index in [2.05, 4.69) is 11.3 Å². The summed E-state index contributed by atoms with van der Waals surface area (Å²) in [6.07, 6.45) is 0. The number of carbonyl (C=O) groups is 1. The Morgan fingerprint density at radius 1 is 1.78 bits per heavy atom. The van der Waals surface area contributed by atoms with Crippen LogP contribution in [0.4, 0.5) is 0 Å². The molecule has 0 spiro atoms. The molecule has 2 nitrogen and oxygen atoms in total. The van der Waals surface area contributed by atoms with Crippen molar-refractivity contribution in [3.63, 3.8) is 0 Å². The number of ether oxygens (including phenoxy) is 1. The third-order valence-electron chi connectivity index (χ3n) is 0.624. The van der Waals surface area contributed by atoms with E-state index in [1.807, 2.05) is 0 Å². The van der Waals surface area contributed by atoms with Crippen molar-refractivity contribution in [2.45, 2.75) is 13.8 Å². The van der Waals surface area contributed by atoms with Crippen LogP contribution in [0.15, 0.2) is 12.2 Å². The summed E-state index contributed by atoms with van der Waals surface area (Å²) < 4.78 is 4.56. The van der Waals surface area contributed by atoms with Crippen molar-refractivity contribution in [1.82, 2.24) is 0 Å². The first-order valence-corrected chi connectivity index (χ1v) is 2.51. The van der Waals surface area contributed by atoms with Gasteiger partial charge in [0.2, 0.25) is 0 Å². The smallest absolute Gasteiger partial charge is 1.00 e. The molecule has 0 amide bonds. The van der Waals surface area contributed by atoms with Gasteiger partial charge in [-0.15, -0.1) is 0 Å². The van der Waals surface area contributed by atoms with Gasteiger partial charge < -0.3 is 6.16 Å². The molecule has 0 aliphatic carbocycles. The number of carbonyl (C=O) groups excluding carboxylic acids is 1. The molecule has 0 rings (SSSR count). The third kappa shape index (κ3) is 6.09. The summed E-state index contributed by atoms with van der Waals surface area (Å²) in [5, 5.41) is 0. The number of esters is 1. The largest absolute Gasteiger partial charge is 1.00 e. The average molecular weight is 138 g/mol. The maximum atomic E-state index is 10.4. The predicted octanol–water partition coefficient (Wildman–Crippen LogP) is -1.76. The second-order valence-electron chi connectivity index (χ2n) is 1.50. The molecule has 0 saturated heterocycles. The molecule has 0 aromatic carbocycles. The molecule has 0 unspecified atom stereocenters. The first kappa shape index (κ1) is 11.9. The van der Waals surface area contributed by atoms with Crippen LogP contribution in [0, 0.1) is 0 Å². The van der Waals surface area contributed by atoms with Crippen molar-refractivity contribution >= 4 is 5.97 Å². The van der Waals surface area contributed by atoms with Gasteiger partial charge in [0.25, 0.3) is 0 Å². The molecule has 9 heavy (non-hydrogen) atoms. The average Bonchev–Trinajstić information content (AvgIpc) is 1.67. The van der Waals surface area contributed by atoms with Gasteiger partial charge in [0.15, 0.2) is 0 Å². The first-order valence-electron chi connectivity index (χ1n) is 2.51. The monoisotopic (exact) mass is 138 g/mol. The summed E-state index contributed by atoms with van der Waals surface area (Å²) in [5.74, 6) is -0.312. The fourth-order valence-electron chi connectivity index (χ4n) is 0.254. The van der Waals surface area contributed by atoms with Crippen LogP contribution in [0.1, 0.15) is 15.3 Å². The number of hydrogen-bond donors (Lipinski definition) is 0. The molecule has 3 heteroatoms. The first-order chi connectivity index (χ1) is 3.68. The van der Waals surface area contributed by atoms with Crippen molar-refractivity contribution in [2.75, 3.05) is 6.61 Å². The summed E-state index contributed by atoms with van der Waals surface area (Å²) in [7, 11) is 0. The normalized spacial score (nSPS) is 7.33. The van der Waals surface area contributed by atoms with Crippen molar-refractivity contribution in [2.24, 2.45) is 0 Å². The second-order valence-corrected chi connectivity index (χ2v) is 1.50. The van der Waals surface area contributed by atoms with Crippen LogP contribution >= 0.6 is 0 Å². The fourth-order valence-corrected chi connectivity index (χ4v) is 0.254. The van der Waals surface area contributed by atoms with Crippen LogP contribution in [0.25, 0.3) is 0 Å². The minimum absolute atomic E-state index is 0. The van der Waals surface area contributed by atoms with Crippen molar-refractivity contribution in [1.29, 1.82) is 0 Å². The molecule has 0 aliphatic heterocycles. The summed E-state index contributed by atoms with van der Waals surface area (Å²) in [6.45, 7) is 7.21. The molecule has 0 atom stereocenters. The van der Waals surface area contributed by atoms with Crippen LogP contribution in [-0.2, 0) is 9.53 Å². The van der Waals surface area contributed by atoms with Crippen LogP contribution in [0.5, 0.6) is 0 Å². The molecule has 0 bridgehead atoms. The zero-order chi connectivity index (χ0) is 6.57. The van der Waals surface area contributed by atoms with E-state index in [-0.39, 0.29) is 37.0 Å². The van der Waals surface area contributed by atoms with E-state index in [9.17, 15) is 4.79 Å². The van der Waals surface area contributed by atoms with E-state index in [0.29, 0.717) is 12.2 Å². The van der Waals surface area contributed by atoms with Gasteiger partial charge in [-0.25, -0.2) is 4.79 Å². The van der Waals surface area contributed by atoms with Gasteiger partial charge in [-0.05, 0) is 13.8 Å². The van der Waals surface area contributed by atoms with Gasteiger partial charge >= 0.3 is 35.5 Å². The van der Waals surface area contributed by atoms with Crippen molar-refractivity contribution < 1.29 is 40.5 Å². The van der Waals surface area contributed by atoms with Crippen LogP contribution in [0.2, 0.25) is 0 Å². The minimum atomic E-state index is -0.312. The van der Waals surface area contributed by atoms with Gasteiger partial charge in [-0.1, -0.05) is 6.58 Å². The Bertz CT molecular complexity index is 114. The molecule has 0 heterocycles. The molecule has 0 N–H and O–H groups in total. The molecule has 0 aromatic heterocycles. The zero-order valence-corrected chi connectivity index (χ0v) is 8.23. The Morgan fingerprint density at radius 3 is 2.33 bits per heavy atom. The molecule has 0 fully saturated rings. The maximum Gasteiger partial charge on any atom is 1.00 e. The Labute approximate surface area is 79.0 Å². The minimum Gasteiger partial charge on any atom is -1.00 e. The van der Waals surface area contributed by atoms with Gasteiger partial charge in [-0.3, -0.25) is 0 Å². The van der Waals surface area contributed by atoms with Crippen LogP contribution < -0.4 is 29.6 Å². The standard InChI is InChI=1S/C6H10O2.Na.H/c1-4-8-6(7)5(2)3;;/h2,4H2,1,3H3;;/q;+1;-1.